The standard InChI is InChI=1S/C13H10BrF2NO/c14-5-9-1-11(15)4-13(3-9)18-8-10-2-12(16)7-17-6-10/h1-4,6-7H,5,8H2. The molecule has 0 saturated heterocycles. The van der Waals surface area contributed by atoms with E-state index in [0.29, 0.717) is 16.6 Å². The number of halogens is 3. The van der Waals surface area contributed by atoms with Gasteiger partial charge in [0.1, 0.15) is 24.0 Å². The lowest BCUT2D eigenvalue weighted by molar-refractivity contribution is 0.303. The summed E-state index contributed by atoms with van der Waals surface area (Å²) in [6.07, 6.45) is 2.63. The summed E-state index contributed by atoms with van der Waals surface area (Å²) in [6, 6.07) is 5.77. The minimum atomic E-state index is -0.420. The zero-order valence-electron chi connectivity index (χ0n) is 9.37. The van der Waals surface area contributed by atoms with Crippen LogP contribution in [-0.4, -0.2) is 4.98 Å². The van der Waals surface area contributed by atoms with Crippen molar-refractivity contribution >= 4 is 15.9 Å². The van der Waals surface area contributed by atoms with Crippen LogP contribution in [0.4, 0.5) is 8.78 Å². The number of rotatable bonds is 4. The fraction of sp³-hybridized carbons (Fsp3) is 0.154. The van der Waals surface area contributed by atoms with Crippen molar-refractivity contribution in [2.75, 3.05) is 0 Å². The van der Waals surface area contributed by atoms with Gasteiger partial charge in [0.15, 0.2) is 0 Å². The van der Waals surface area contributed by atoms with E-state index in [-0.39, 0.29) is 12.4 Å². The summed E-state index contributed by atoms with van der Waals surface area (Å²) in [7, 11) is 0. The molecule has 1 aromatic heterocycles. The zero-order chi connectivity index (χ0) is 13.0. The van der Waals surface area contributed by atoms with Crippen molar-refractivity contribution in [1.29, 1.82) is 0 Å². The first-order valence-corrected chi connectivity index (χ1v) is 6.37. The van der Waals surface area contributed by atoms with Gasteiger partial charge in [-0.1, -0.05) is 15.9 Å². The van der Waals surface area contributed by atoms with Crippen molar-refractivity contribution in [3.05, 3.63) is 59.4 Å². The van der Waals surface area contributed by atoms with Gasteiger partial charge < -0.3 is 4.74 Å². The van der Waals surface area contributed by atoms with Crippen molar-refractivity contribution < 1.29 is 13.5 Å². The number of ether oxygens (including phenoxy) is 1. The summed E-state index contributed by atoms with van der Waals surface area (Å²) in [4.78, 5) is 3.71. The quantitative estimate of drug-likeness (QED) is 0.800. The van der Waals surface area contributed by atoms with E-state index in [0.717, 1.165) is 11.8 Å². The molecule has 2 aromatic rings. The smallest absolute Gasteiger partial charge is 0.141 e. The second-order valence-electron chi connectivity index (χ2n) is 3.73. The van der Waals surface area contributed by atoms with E-state index in [2.05, 4.69) is 20.9 Å². The van der Waals surface area contributed by atoms with Crippen LogP contribution in [0.2, 0.25) is 0 Å². The fourth-order valence-corrected chi connectivity index (χ4v) is 1.81. The number of benzene rings is 1. The highest BCUT2D eigenvalue weighted by Crippen LogP contribution is 2.19. The van der Waals surface area contributed by atoms with Crippen molar-refractivity contribution in [3.8, 4) is 5.75 Å². The predicted molar refractivity (Wildman–Crippen MR) is 67.6 cm³/mol. The normalized spacial score (nSPS) is 10.4. The Labute approximate surface area is 112 Å². The predicted octanol–water partition coefficient (Wildman–Crippen LogP) is 3.83. The molecule has 94 valence electrons. The molecule has 0 fully saturated rings. The van der Waals surface area contributed by atoms with Gasteiger partial charge in [0, 0.05) is 23.2 Å². The first-order valence-electron chi connectivity index (χ1n) is 5.25. The minimum absolute atomic E-state index is 0.149. The second-order valence-corrected chi connectivity index (χ2v) is 4.29. The van der Waals surface area contributed by atoms with Crippen LogP contribution in [0.5, 0.6) is 5.75 Å². The molecule has 0 radical (unpaired) electrons. The first kappa shape index (κ1) is 13.0. The van der Waals surface area contributed by atoms with Gasteiger partial charge in [-0.3, -0.25) is 4.98 Å². The van der Waals surface area contributed by atoms with Crippen LogP contribution < -0.4 is 4.74 Å². The zero-order valence-corrected chi connectivity index (χ0v) is 11.0. The molecule has 2 rings (SSSR count). The molecule has 0 aliphatic heterocycles. The van der Waals surface area contributed by atoms with Crippen molar-refractivity contribution in [2.45, 2.75) is 11.9 Å². The summed E-state index contributed by atoms with van der Waals surface area (Å²) in [5.74, 6) is -0.371. The summed E-state index contributed by atoms with van der Waals surface area (Å²) < 4.78 is 31.5. The van der Waals surface area contributed by atoms with Gasteiger partial charge in [0.25, 0.3) is 0 Å². The first-order chi connectivity index (χ1) is 8.67. The Morgan fingerprint density at radius 2 is 1.78 bits per heavy atom. The maximum Gasteiger partial charge on any atom is 0.141 e. The van der Waals surface area contributed by atoms with Crippen LogP contribution in [0.25, 0.3) is 0 Å². The van der Waals surface area contributed by atoms with E-state index in [1.54, 1.807) is 6.07 Å². The van der Waals surface area contributed by atoms with Crippen molar-refractivity contribution in [1.82, 2.24) is 4.98 Å². The Morgan fingerprint density at radius 1 is 1.00 bits per heavy atom. The Morgan fingerprint density at radius 3 is 2.50 bits per heavy atom. The molecule has 1 heterocycles. The Balaban J connectivity index is 2.08. The van der Waals surface area contributed by atoms with E-state index in [1.165, 1.54) is 24.4 Å². The van der Waals surface area contributed by atoms with Crippen LogP contribution in [0.15, 0.2) is 36.7 Å². The van der Waals surface area contributed by atoms with Crippen LogP contribution in [0.1, 0.15) is 11.1 Å². The molecule has 0 amide bonds. The molecule has 0 unspecified atom stereocenters. The Kier molecular flexibility index (Phi) is 4.25. The van der Waals surface area contributed by atoms with Gasteiger partial charge in [0.05, 0.1) is 6.20 Å². The number of aromatic nitrogens is 1. The van der Waals surface area contributed by atoms with Crippen molar-refractivity contribution in [3.63, 3.8) is 0 Å². The maximum absolute atomic E-state index is 13.2. The lowest BCUT2D eigenvalue weighted by atomic mass is 10.2. The van der Waals surface area contributed by atoms with Gasteiger partial charge in [-0.25, -0.2) is 8.78 Å². The molecule has 0 aliphatic carbocycles. The third-order valence-electron chi connectivity index (χ3n) is 2.25. The largest absolute Gasteiger partial charge is 0.489 e. The molecule has 0 spiro atoms. The minimum Gasteiger partial charge on any atom is -0.489 e. The van der Waals surface area contributed by atoms with Crippen molar-refractivity contribution in [2.24, 2.45) is 0 Å². The highest BCUT2D eigenvalue weighted by atomic mass is 79.9. The number of nitrogens with zero attached hydrogens (tertiary/aromatic N) is 1. The lowest BCUT2D eigenvalue weighted by Gasteiger charge is -2.07. The van der Waals surface area contributed by atoms with E-state index < -0.39 is 5.82 Å². The lowest BCUT2D eigenvalue weighted by Crippen LogP contribution is -1.98. The molecule has 1 aromatic carbocycles. The van der Waals surface area contributed by atoms with Gasteiger partial charge in [-0.2, -0.15) is 0 Å². The second kappa shape index (κ2) is 5.91. The molecule has 0 atom stereocenters. The van der Waals surface area contributed by atoms with Crippen LogP contribution in [0.3, 0.4) is 0 Å². The number of pyridine rings is 1. The average Bonchev–Trinajstić information content (AvgIpc) is 2.36. The van der Waals surface area contributed by atoms with E-state index in [1.807, 2.05) is 0 Å². The van der Waals surface area contributed by atoms with Crippen LogP contribution in [-0.2, 0) is 11.9 Å². The summed E-state index contributed by atoms with van der Waals surface area (Å²) in [5, 5.41) is 0.544. The van der Waals surface area contributed by atoms with Gasteiger partial charge in [-0.15, -0.1) is 0 Å². The van der Waals surface area contributed by atoms with Gasteiger partial charge >= 0.3 is 0 Å². The number of hydrogen-bond donors (Lipinski definition) is 0. The number of hydrogen-bond acceptors (Lipinski definition) is 2. The molecule has 0 saturated carbocycles. The van der Waals surface area contributed by atoms with Crippen LogP contribution in [0, 0.1) is 11.6 Å². The molecular formula is C13H10BrF2NO. The van der Waals surface area contributed by atoms with E-state index in [4.69, 9.17) is 4.74 Å². The summed E-state index contributed by atoms with van der Waals surface area (Å²) in [5.41, 5.74) is 1.38. The third-order valence-corrected chi connectivity index (χ3v) is 2.90. The number of alkyl halides is 1. The Hall–Kier alpha value is -1.49. The van der Waals surface area contributed by atoms with Gasteiger partial charge in [0.2, 0.25) is 0 Å². The maximum atomic E-state index is 13.2. The summed E-state index contributed by atoms with van der Waals surface area (Å²) >= 11 is 3.25. The van der Waals surface area contributed by atoms with Crippen LogP contribution >= 0.6 is 15.9 Å². The summed E-state index contributed by atoms with van der Waals surface area (Å²) in [6.45, 7) is 0.149. The highest BCUT2D eigenvalue weighted by molar-refractivity contribution is 9.08. The Bertz CT molecular complexity index is 548. The molecule has 0 bridgehead atoms. The molecule has 0 N–H and O–H groups in total. The SMILES string of the molecule is Fc1cncc(COc2cc(F)cc(CBr)c2)c1. The monoisotopic (exact) mass is 313 g/mol. The average molecular weight is 314 g/mol. The molecular weight excluding hydrogens is 304 g/mol. The van der Waals surface area contributed by atoms with Gasteiger partial charge in [-0.05, 0) is 23.8 Å². The third kappa shape index (κ3) is 3.50. The molecule has 18 heavy (non-hydrogen) atoms. The topological polar surface area (TPSA) is 22.1 Å². The fourth-order valence-electron chi connectivity index (χ4n) is 1.48. The molecule has 0 aliphatic rings. The molecule has 2 nitrogen and oxygen atoms in total. The van der Waals surface area contributed by atoms with E-state index >= 15 is 0 Å². The highest BCUT2D eigenvalue weighted by Gasteiger charge is 2.02. The molecule has 5 heteroatoms. The van der Waals surface area contributed by atoms with E-state index in [9.17, 15) is 8.78 Å².